The molecular formula is C27H36N2O3S. The average Bonchev–Trinajstić information content (AvgIpc) is 3.19. The molecule has 1 spiro atoms. The molecule has 0 radical (unpaired) electrons. The molecular weight excluding hydrogens is 432 g/mol. The summed E-state index contributed by atoms with van der Waals surface area (Å²) in [5, 5.41) is 3.32. The molecule has 0 aromatic heterocycles. The number of benzene rings is 1. The van der Waals surface area contributed by atoms with E-state index in [1.54, 1.807) is 16.4 Å². The van der Waals surface area contributed by atoms with E-state index in [0.717, 1.165) is 55.4 Å². The van der Waals surface area contributed by atoms with Crippen LogP contribution in [0.4, 0.5) is 0 Å². The fourth-order valence-electron chi connectivity index (χ4n) is 11.0. The van der Waals surface area contributed by atoms with E-state index in [9.17, 15) is 13.2 Å². The molecule has 1 amide bonds. The number of carbonyl (C=O) groups excluding carboxylic acids is 1. The summed E-state index contributed by atoms with van der Waals surface area (Å²) in [6, 6.07) is 7.02. The quantitative estimate of drug-likeness (QED) is 0.707. The molecule has 1 aromatic carbocycles. The molecule has 1 aliphatic heterocycles. The monoisotopic (exact) mass is 468 g/mol. The number of fused-ring (bicyclic) bond motifs is 1. The van der Waals surface area contributed by atoms with E-state index in [-0.39, 0.29) is 22.8 Å². The standard InChI is InChI=1S/C27H36N2O3S/c1-17-7-6-9-19(11-17)33(31,32)29-10-5-4-8-18(29)14-28-23(30)26-15-24(2)12-20-21-13-25(3,16-26)27(24,26)22(20)21/h6-7,9,11,18,20-22H,4-5,8,10,12-16H2,1-3H3,(H,28,30)/t18?,20-,21?,22?,24?,25?,26?,27?/m1/s1. The average molecular weight is 469 g/mol. The van der Waals surface area contributed by atoms with Gasteiger partial charge in [0.2, 0.25) is 15.9 Å². The number of hydrogen-bond donors (Lipinski definition) is 1. The third-order valence-electron chi connectivity index (χ3n) is 11.3. The van der Waals surface area contributed by atoms with Gasteiger partial charge in [-0.05, 0) is 97.1 Å². The van der Waals surface area contributed by atoms with Crippen molar-refractivity contribution in [3.05, 3.63) is 29.8 Å². The molecule has 7 rings (SSSR count). The third-order valence-corrected chi connectivity index (χ3v) is 13.3. The lowest BCUT2D eigenvalue weighted by molar-refractivity contribution is -0.333. The van der Waals surface area contributed by atoms with Crippen LogP contribution in [0, 0.1) is 46.3 Å². The highest BCUT2D eigenvalue weighted by molar-refractivity contribution is 7.89. The van der Waals surface area contributed by atoms with Crippen molar-refractivity contribution >= 4 is 15.9 Å². The van der Waals surface area contributed by atoms with E-state index >= 15 is 0 Å². The topological polar surface area (TPSA) is 66.5 Å². The molecule has 7 unspecified atom stereocenters. The molecule has 1 heterocycles. The predicted molar refractivity (Wildman–Crippen MR) is 126 cm³/mol. The van der Waals surface area contributed by atoms with Crippen molar-refractivity contribution in [3.63, 3.8) is 0 Å². The molecule has 5 aliphatic carbocycles. The molecule has 1 aromatic rings. The van der Waals surface area contributed by atoms with Crippen LogP contribution < -0.4 is 5.32 Å². The maximum absolute atomic E-state index is 13.8. The van der Waals surface area contributed by atoms with Crippen molar-refractivity contribution in [2.75, 3.05) is 13.1 Å². The smallest absolute Gasteiger partial charge is 0.243 e. The van der Waals surface area contributed by atoms with Gasteiger partial charge >= 0.3 is 0 Å². The first-order valence-corrected chi connectivity index (χ1v) is 14.4. The Labute approximate surface area is 197 Å². The van der Waals surface area contributed by atoms with Crippen molar-refractivity contribution in [3.8, 4) is 0 Å². The molecule has 5 nitrogen and oxygen atoms in total. The van der Waals surface area contributed by atoms with Crippen LogP contribution in [0.25, 0.3) is 0 Å². The van der Waals surface area contributed by atoms with Gasteiger partial charge in [-0.15, -0.1) is 0 Å². The molecule has 178 valence electrons. The third kappa shape index (κ3) is 2.16. The molecule has 5 saturated carbocycles. The summed E-state index contributed by atoms with van der Waals surface area (Å²) in [5.74, 6) is 2.77. The van der Waals surface area contributed by atoms with Gasteiger partial charge in [-0.2, -0.15) is 4.31 Å². The van der Waals surface area contributed by atoms with E-state index in [0.29, 0.717) is 28.8 Å². The van der Waals surface area contributed by atoms with Gasteiger partial charge in [0.05, 0.1) is 10.3 Å². The summed E-state index contributed by atoms with van der Waals surface area (Å²) in [7, 11) is -3.56. The zero-order valence-electron chi connectivity index (χ0n) is 20.1. The van der Waals surface area contributed by atoms with Crippen LogP contribution >= 0.6 is 0 Å². The van der Waals surface area contributed by atoms with Gasteiger partial charge in [-0.25, -0.2) is 8.42 Å². The molecule has 6 heteroatoms. The van der Waals surface area contributed by atoms with Gasteiger partial charge in [0.1, 0.15) is 0 Å². The molecule has 6 fully saturated rings. The van der Waals surface area contributed by atoms with Crippen LogP contribution in [0.15, 0.2) is 29.2 Å². The second-order valence-corrected chi connectivity index (χ2v) is 14.8. The number of carbonyl (C=O) groups is 1. The minimum atomic E-state index is -3.56. The Kier molecular flexibility index (Phi) is 3.83. The van der Waals surface area contributed by atoms with Crippen LogP contribution in [0.1, 0.15) is 64.4 Å². The van der Waals surface area contributed by atoms with Gasteiger partial charge in [-0.3, -0.25) is 4.79 Å². The van der Waals surface area contributed by atoms with Gasteiger partial charge in [0, 0.05) is 19.1 Å². The van der Waals surface area contributed by atoms with Gasteiger partial charge in [0.15, 0.2) is 0 Å². The summed E-state index contributed by atoms with van der Waals surface area (Å²) >= 11 is 0. The van der Waals surface area contributed by atoms with E-state index in [2.05, 4.69) is 19.2 Å². The number of hydrogen-bond acceptors (Lipinski definition) is 3. The Morgan fingerprint density at radius 2 is 1.82 bits per heavy atom. The lowest BCUT2D eigenvalue weighted by Gasteiger charge is -2.81. The molecule has 8 atom stereocenters. The Morgan fingerprint density at radius 1 is 1.12 bits per heavy atom. The maximum atomic E-state index is 13.8. The summed E-state index contributed by atoms with van der Waals surface area (Å²) in [4.78, 5) is 14.2. The summed E-state index contributed by atoms with van der Waals surface area (Å²) < 4.78 is 28.6. The van der Waals surface area contributed by atoms with Crippen molar-refractivity contribution < 1.29 is 13.2 Å². The largest absolute Gasteiger partial charge is 0.354 e. The Morgan fingerprint density at radius 3 is 2.48 bits per heavy atom. The van der Waals surface area contributed by atoms with Crippen LogP contribution in [-0.4, -0.2) is 37.8 Å². The first-order valence-electron chi connectivity index (χ1n) is 13.0. The lowest BCUT2D eigenvalue weighted by atomic mass is 9.21. The number of sulfonamides is 1. The lowest BCUT2D eigenvalue weighted by Crippen LogP contribution is -2.81. The number of aryl methyl sites for hydroxylation is 1. The Hall–Kier alpha value is -1.40. The normalized spacial score (nSPS) is 48.9. The first kappa shape index (κ1) is 20.9. The molecule has 1 N–H and O–H groups in total. The zero-order chi connectivity index (χ0) is 23.0. The van der Waals surface area contributed by atoms with Crippen LogP contribution in [-0.2, 0) is 14.8 Å². The van der Waals surface area contributed by atoms with Gasteiger partial charge < -0.3 is 5.32 Å². The van der Waals surface area contributed by atoms with Crippen molar-refractivity contribution in [2.45, 2.75) is 76.7 Å². The fourth-order valence-corrected chi connectivity index (χ4v) is 12.8. The highest BCUT2D eigenvalue weighted by Gasteiger charge is 2.99. The number of rotatable bonds is 5. The Bertz CT molecular complexity index is 1150. The van der Waals surface area contributed by atoms with Crippen LogP contribution in [0.5, 0.6) is 0 Å². The predicted octanol–water partition coefficient (Wildman–Crippen LogP) is 4.12. The zero-order valence-corrected chi connectivity index (χ0v) is 20.9. The second kappa shape index (κ2) is 6.04. The SMILES string of the molecule is Cc1cccc(S(=O)(=O)N2CCCCC2CNC(=O)C23CC4(C)CC5C6[C@@H]5CC(C)(C2)C643)c1. The molecule has 6 aliphatic rings. The fraction of sp³-hybridized carbons (Fsp3) is 0.741. The van der Waals surface area contributed by atoms with E-state index in [1.165, 1.54) is 12.8 Å². The second-order valence-electron chi connectivity index (χ2n) is 12.9. The minimum absolute atomic E-state index is 0.159. The van der Waals surface area contributed by atoms with Gasteiger partial charge in [-0.1, -0.05) is 32.4 Å². The first-order chi connectivity index (χ1) is 15.6. The van der Waals surface area contributed by atoms with Crippen molar-refractivity contribution in [1.29, 1.82) is 0 Å². The highest BCUT2D eigenvalue weighted by Crippen LogP contribution is 3.02. The number of nitrogens with zero attached hydrogens (tertiary/aromatic N) is 1. The number of piperidine rings is 1. The van der Waals surface area contributed by atoms with Crippen molar-refractivity contribution in [1.82, 2.24) is 9.62 Å². The number of amides is 1. The van der Waals surface area contributed by atoms with Crippen molar-refractivity contribution in [2.24, 2.45) is 39.4 Å². The molecule has 0 bridgehead atoms. The number of nitrogens with one attached hydrogen (secondary N) is 1. The van der Waals surface area contributed by atoms with Gasteiger partial charge in [0.25, 0.3) is 0 Å². The minimum Gasteiger partial charge on any atom is -0.354 e. The van der Waals surface area contributed by atoms with E-state index < -0.39 is 10.0 Å². The highest BCUT2D eigenvalue weighted by atomic mass is 32.2. The maximum Gasteiger partial charge on any atom is 0.243 e. The van der Waals surface area contributed by atoms with E-state index in [1.807, 2.05) is 19.1 Å². The summed E-state index contributed by atoms with van der Waals surface area (Å²) in [6.07, 6.45) is 7.44. The van der Waals surface area contributed by atoms with Crippen LogP contribution in [0.3, 0.4) is 0 Å². The van der Waals surface area contributed by atoms with Crippen LogP contribution in [0.2, 0.25) is 0 Å². The summed E-state index contributed by atoms with van der Waals surface area (Å²) in [6.45, 7) is 7.81. The van der Waals surface area contributed by atoms with E-state index in [4.69, 9.17) is 0 Å². The summed E-state index contributed by atoms with van der Waals surface area (Å²) in [5.41, 5.74) is 1.69. The molecule has 33 heavy (non-hydrogen) atoms. The Balaban J connectivity index is 1.11. The molecule has 1 saturated heterocycles.